The second kappa shape index (κ2) is 21.2. The molecule has 2 aliphatic heterocycles. The first-order valence-corrected chi connectivity index (χ1v) is 21.1. The first-order valence-electron chi connectivity index (χ1n) is 17.8. The topological polar surface area (TPSA) is 0 Å². The van der Waals surface area contributed by atoms with E-state index in [1.165, 1.54) is 63.7 Å². The zero-order valence-corrected chi connectivity index (χ0v) is 32.0. The van der Waals surface area contributed by atoms with Crippen LogP contribution in [0, 0.1) is 0 Å². The summed E-state index contributed by atoms with van der Waals surface area (Å²) in [6, 6.07) is 45.8. The number of benzene rings is 4. The van der Waals surface area contributed by atoms with Gasteiger partial charge in [0.1, 0.15) is 0 Å². The standard InChI is InChI=1S/C34H36P2.C8H12.BF4.Rh/c1-5-13-27(14-6-1)31-21-22-32(28-15-7-2-8-16-28)35(31)25-26-36-33(29-17-9-3-10-18-29)23-24-34(36)30-19-11-4-12-20-30;1-2-4-6-8-7-5-3-1;2-1(3,4)5;/h1-20,31-34H,21-26H2;1-2,7-8H,3-6H2;;/q;;-1;/t31-,32-,33-,34-;;;/m0.../s1. The SMILES string of the molecule is C1=CCCC=CCC1.F[B-](F)(F)F.[Rh].c1ccc([C@@H]2CC[C@@H](c3ccccc3)P2CCP2[C@H](c3ccccc3)CC[C@H]2c2ccccc2)cc1. The first kappa shape index (κ1) is 40.4. The maximum Gasteiger partial charge on any atom is 0.673 e. The Balaban J connectivity index is 0.000000340. The van der Waals surface area contributed by atoms with E-state index in [1.807, 2.05) is 0 Å². The van der Waals surface area contributed by atoms with Gasteiger partial charge in [0.2, 0.25) is 0 Å². The van der Waals surface area contributed by atoms with Crippen LogP contribution in [0.25, 0.3) is 0 Å². The van der Waals surface area contributed by atoms with Gasteiger partial charge in [-0.05, 0) is 85.9 Å². The molecule has 0 amide bonds. The van der Waals surface area contributed by atoms with Crippen LogP contribution in [0.3, 0.4) is 0 Å². The summed E-state index contributed by atoms with van der Waals surface area (Å²) in [5.41, 5.74) is 9.31. The van der Waals surface area contributed by atoms with Gasteiger partial charge in [-0.15, -0.1) is 0 Å². The van der Waals surface area contributed by atoms with Gasteiger partial charge in [0.25, 0.3) is 0 Å². The minimum atomic E-state index is -6.00. The normalized spacial score (nSPS) is 22.2. The molecule has 4 aromatic carbocycles. The summed E-state index contributed by atoms with van der Waals surface area (Å²) in [7, 11) is -6.20. The Labute approximate surface area is 312 Å². The molecule has 4 atom stereocenters. The van der Waals surface area contributed by atoms with Crippen LogP contribution in [0.15, 0.2) is 146 Å². The minimum absolute atomic E-state index is 0. The molecule has 1 aliphatic carbocycles. The molecule has 50 heavy (non-hydrogen) atoms. The molecule has 0 saturated carbocycles. The van der Waals surface area contributed by atoms with E-state index < -0.39 is 7.25 Å². The average molecular weight is 805 g/mol. The third-order valence-corrected chi connectivity index (χ3v) is 17.0. The third kappa shape index (κ3) is 12.7. The van der Waals surface area contributed by atoms with Gasteiger partial charge in [-0.3, -0.25) is 0 Å². The maximum absolute atomic E-state index is 9.75. The van der Waals surface area contributed by atoms with Crippen molar-refractivity contribution in [3.05, 3.63) is 168 Å². The first-order chi connectivity index (χ1) is 23.9. The summed E-state index contributed by atoms with van der Waals surface area (Å²) in [6.45, 7) is 0. The third-order valence-electron chi connectivity index (χ3n) is 9.72. The Bertz CT molecular complexity index is 1330. The van der Waals surface area contributed by atoms with E-state index in [9.17, 15) is 17.3 Å². The largest absolute Gasteiger partial charge is 0.673 e. The summed E-state index contributed by atoms with van der Waals surface area (Å²) < 4.78 is 39.0. The van der Waals surface area contributed by atoms with Crippen LogP contribution in [0.5, 0.6) is 0 Å². The quantitative estimate of drug-likeness (QED) is 0.0756. The van der Waals surface area contributed by atoms with E-state index in [2.05, 4.69) is 146 Å². The van der Waals surface area contributed by atoms with Gasteiger partial charge in [-0.25, -0.2) is 0 Å². The smallest absolute Gasteiger partial charge is 0.418 e. The van der Waals surface area contributed by atoms with Crippen molar-refractivity contribution in [2.24, 2.45) is 0 Å². The average Bonchev–Trinajstić information content (AvgIpc) is 3.73. The van der Waals surface area contributed by atoms with Crippen molar-refractivity contribution in [1.29, 1.82) is 0 Å². The van der Waals surface area contributed by atoms with Crippen molar-refractivity contribution >= 4 is 23.1 Å². The van der Waals surface area contributed by atoms with Crippen molar-refractivity contribution in [3.8, 4) is 0 Å². The molecule has 0 bridgehead atoms. The molecule has 7 rings (SSSR count). The molecule has 4 aromatic rings. The van der Waals surface area contributed by atoms with E-state index in [4.69, 9.17) is 0 Å². The number of halogens is 4. The van der Waals surface area contributed by atoms with Crippen molar-refractivity contribution in [1.82, 2.24) is 0 Å². The molecule has 2 fully saturated rings. The van der Waals surface area contributed by atoms with E-state index in [0.717, 1.165) is 22.6 Å². The molecule has 0 spiro atoms. The molecule has 0 nitrogen and oxygen atoms in total. The van der Waals surface area contributed by atoms with Crippen LogP contribution in [0.2, 0.25) is 0 Å². The Morgan fingerprint density at radius 1 is 0.400 bits per heavy atom. The monoisotopic (exact) mass is 804 g/mol. The van der Waals surface area contributed by atoms with Crippen molar-refractivity contribution < 1.29 is 36.7 Å². The van der Waals surface area contributed by atoms with E-state index in [1.54, 1.807) is 22.3 Å². The fourth-order valence-electron chi connectivity index (χ4n) is 7.57. The molecule has 8 heteroatoms. The molecular formula is C42H48BF4P2Rh-. The molecule has 2 saturated heterocycles. The summed E-state index contributed by atoms with van der Waals surface area (Å²) in [5, 5.41) is 0. The molecule has 1 radical (unpaired) electrons. The summed E-state index contributed by atoms with van der Waals surface area (Å²) in [5.74, 6) is 0. The predicted octanol–water partition coefficient (Wildman–Crippen LogP) is 14.5. The van der Waals surface area contributed by atoms with Crippen LogP contribution in [-0.4, -0.2) is 19.6 Å². The predicted molar refractivity (Wildman–Crippen MR) is 206 cm³/mol. The summed E-state index contributed by atoms with van der Waals surface area (Å²) in [6.07, 6.45) is 22.2. The van der Waals surface area contributed by atoms with E-state index in [-0.39, 0.29) is 35.3 Å². The molecular weight excluding hydrogens is 756 g/mol. The van der Waals surface area contributed by atoms with Gasteiger partial charge >= 0.3 is 7.25 Å². The molecule has 0 unspecified atom stereocenters. The Hall–Kier alpha value is -2.37. The van der Waals surface area contributed by atoms with Gasteiger partial charge in [-0.1, -0.05) is 161 Å². The van der Waals surface area contributed by atoms with Crippen molar-refractivity contribution in [2.45, 2.75) is 74.0 Å². The molecule has 0 N–H and O–H groups in total. The number of hydrogen-bond donors (Lipinski definition) is 0. The second-order valence-electron chi connectivity index (χ2n) is 12.9. The zero-order valence-electron chi connectivity index (χ0n) is 28.6. The Morgan fingerprint density at radius 3 is 0.800 bits per heavy atom. The van der Waals surface area contributed by atoms with Crippen LogP contribution in [0.1, 0.15) is 96.3 Å². The zero-order chi connectivity index (χ0) is 34.3. The van der Waals surface area contributed by atoms with Gasteiger partial charge < -0.3 is 17.3 Å². The fourth-order valence-corrected chi connectivity index (χ4v) is 15.7. The van der Waals surface area contributed by atoms with Crippen LogP contribution < -0.4 is 0 Å². The number of hydrogen-bond acceptors (Lipinski definition) is 0. The van der Waals surface area contributed by atoms with E-state index in [0.29, 0.717) is 0 Å². The van der Waals surface area contributed by atoms with E-state index >= 15 is 0 Å². The van der Waals surface area contributed by atoms with Crippen LogP contribution in [-0.2, 0) is 19.5 Å². The minimum Gasteiger partial charge on any atom is -0.418 e. The summed E-state index contributed by atoms with van der Waals surface area (Å²) in [4.78, 5) is 0. The number of rotatable bonds is 7. The fraction of sp³-hybridized carbons (Fsp3) is 0.333. The molecule has 3 aliphatic rings. The number of allylic oxidation sites excluding steroid dienone is 4. The summed E-state index contributed by atoms with van der Waals surface area (Å²) >= 11 is 0. The van der Waals surface area contributed by atoms with Gasteiger partial charge in [0.15, 0.2) is 0 Å². The Kier molecular flexibility index (Phi) is 17.2. The van der Waals surface area contributed by atoms with Gasteiger partial charge in [0, 0.05) is 42.1 Å². The van der Waals surface area contributed by atoms with Gasteiger partial charge in [-0.2, -0.15) is 0 Å². The van der Waals surface area contributed by atoms with Crippen LogP contribution >= 0.6 is 15.8 Å². The maximum atomic E-state index is 9.75. The van der Waals surface area contributed by atoms with Gasteiger partial charge in [0.05, 0.1) is 0 Å². The molecule has 0 aromatic heterocycles. The van der Waals surface area contributed by atoms with Crippen LogP contribution in [0.4, 0.5) is 17.3 Å². The molecule has 267 valence electrons. The van der Waals surface area contributed by atoms with Crippen molar-refractivity contribution in [3.63, 3.8) is 0 Å². The Morgan fingerprint density at radius 2 is 0.600 bits per heavy atom. The van der Waals surface area contributed by atoms with Crippen molar-refractivity contribution in [2.75, 3.05) is 12.3 Å². The molecule has 2 heterocycles. The second-order valence-corrected chi connectivity index (χ2v) is 18.4.